The van der Waals surface area contributed by atoms with Crippen LogP contribution in [-0.2, 0) is 0 Å². The normalized spacial score (nSPS) is 15.8. The molecule has 192 valence electrons. The van der Waals surface area contributed by atoms with Crippen molar-refractivity contribution >= 4 is 69.7 Å². The Kier molecular flexibility index (Phi) is 6.71. The highest BCUT2D eigenvalue weighted by molar-refractivity contribution is 8.31. The maximum atomic E-state index is 2.25. The van der Waals surface area contributed by atoms with Crippen LogP contribution in [-0.4, -0.2) is 0 Å². The molecule has 6 heteroatoms. The van der Waals surface area contributed by atoms with Crippen molar-refractivity contribution in [3.8, 4) is 43.1 Å². The Morgan fingerprint density at radius 1 is 0.325 bits per heavy atom. The lowest BCUT2D eigenvalue weighted by Crippen LogP contribution is -1.82. The molecule has 0 atom stereocenters. The maximum Gasteiger partial charge on any atom is 0.0805 e. The van der Waals surface area contributed by atoms with Gasteiger partial charge in [0.05, 0.1) is 16.9 Å². The lowest BCUT2D eigenvalue weighted by Gasteiger charge is -2.09. The van der Waals surface area contributed by atoms with E-state index < -0.39 is 0 Å². The van der Waals surface area contributed by atoms with Gasteiger partial charge in [-0.25, -0.2) is 0 Å². The van der Waals surface area contributed by atoms with E-state index in [0.29, 0.717) is 0 Å². The van der Waals surface area contributed by atoms with E-state index in [2.05, 4.69) is 121 Å². The van der Waals surface area contributed by atoms with E-state index in [1.807, 2.05) is 69.7 Å². The van der Waals surface area contributed by atoms with E-state index in [-0.39, 0.29) is 0 Å². The first-order valence-corrected chi connectivity index (χ1v) is 17.7. The van der Waals surface area contributed by atoms with Gasteiger partial charge in [0.1, 0.15) is 0 Å². The molecule has 0 fully saturated rings. The highest BCUT2D eigenvalue weighted by Crippen LogP contribution is 2.68. The highest BCUT2D eigenvalue weighted by Gasteiger charge is 2.35. The zero-order chi connectivity index (χ0) is 26.5. The van der Waals surface area contributed by atoms with E-state index in [1.54, 1.807) is 0 Å². The number of thioether (sulfide) groups is 4. The SMILES string of the molecule is c1ccc(-c2sc3c(c2-c2ccccc2)S/C(=C2\Sc4sc(-c5ccccc5)c(-c5ccccc5)c4S2)S3)cc1. The van der Waals surface area contributed by atoms with Crippen LogP contribution in [0.3, 0.4) is 0 Å². The molecule has 2 aliphatic rings. The van der Waals surface area contributed by atoms with Crippen molar-refractivity contribution in [1.29, 1.82) is 0 Å². The fraction of sp³-hybridized carbons (Fsp3) is 0. The first kappa shape index (κ1) is 25.2. The lowest BCUT2D eigenvalue weighted by atomic mass is 10.0. The number of hydrogen-bond donors (Lipinski definition) is 0. The van der Waals surface area contributed by atoms with E-state index in [4.69, 9.17) is 0 Å². The molecular formula is C34H20S6. The summed E-state index contributed by atoms with van der Waals surface area (Å²) in [6, 6.07) is 43.5. The van der Waals surface area contributed by atoms with Crippen molar-refractivity contribution in [2.75, 3.05) is 0 Å². The van der Waals surface area contributed by atoms with Crippen LogP contribution < -0.4 is 0 Å². The minimum Gasteiger partial charge on any atom is -0.127 e. The third-order valence-corrected chi connectivity index (χ3v) is 15.5. The van der Waals surface area contributed by atoms with Gasteiger partial charge in [0, 0.05) is 30.7 Å². The largest absolute Gasteiger partial charge is 0.127 e. The Hall–Kier alpha value is -2.58. The van der Waals surface area contributed by atoms with Crippen molar-refractivity contribution in [3.05, 3.63) is 130 Å². The van der Waals surface area contributed by atoms with Gasteiger partial charge in [-0.3, -0.25) is 0 Å². The summed E-state index contributed by atoms with van der Waals surface area (Å²) in [7, 11) is 0. The van der Waals surface area contributed by atoms with Gasteiger partial charge in [0.15, 0.2) is 0 Å². The van der Waals surface area contributed by atoms with Crippen molar-refractivity contribution in [2.45, 2.75) is 18.2 Å². The second-order valence-corrected chi connectivity index (χ2v) is 16.5. The van der Waals surface area contributed by atoms with E-state index in [9.17, 15) is 0 Å². The first-order valence-electron chi connectivity index (χ1n) is 12.8. The van der Waals surface area contributed by atoms with Crippen LogP contribution in [0.15, 0.2) is 148 Å². The number of benzene rings is 4. The fourth-order valence-electron chi connectivity index (χ4n) is 4.99. The average molecular weight is 621 g/mol. The highest BCUT2D eigenvalue weighted by atomic mass is 32.2. The van der Waals surface area contributed by atoms with Gasteiger partial charge in [0.2, 0.25) is 0 Å². The molecule has 0 bridgehead atoms. The van der Waals surface area contributed by atoms with Crippen LogP contribution in [0.1, 0.15) is 0 Å². The minimum absolute atomic E-state index is 1.29. The van der Waals surface area contributed by atoms with Gasteiger partial charge in [-0.15, -0.1) is 22.7 Å². The molecule has 0 saturated heterocycles. The molecule has 0 saturated carbocycles. The molecule has 0 aliphatic carbocycles. The van der Waals surface area contributed by atoms with Gasteiger partial charge < -0.3 is 0 Å². The number of thiophene rings is 2. The summed E-state index contributed by atoms with van der Waals surface area (Å²) in [4.78, 5) is 5.55. The molecule has 2 aliphatic heterocycles. The summed E-state index contributed by atoms with van der Waals surface area (Å²) in [6.45, 7) is 0. The molecule has 0 nitrogen and oxygen atoms in total. The maximum absolute atomic E-state index is 2.25. The molecule has 0 amide bonds. The lowest BCUT2D eigenvalue weighted by molar-refractivity contribution is 1.41. The monoisotopic (exact) mass is 620 g/mol. The first-order chi connectivity index (χ1) is 19.8. The van der Waals surface area contributed by atoms with Crippen molar-refractivity contribution < 1.29 is 0 Å². The van der Waals surface area contributed by atoms with Crippen molar-refractivity contribution in [1.82, 2.24) is 0 Å². The van der Waals surface area contributed by atoms with Crippen molar-refractivity contribution in [2.24, 2.45) is 0 Å². The van der Waals surface area contributed by atoms with Crippen LogP contribution in [0.2, 0.25) is 0 Å². The van der Waals surface area contributed by atoms with Crippen LogP contribution in [0, 0.1) is 0 Å². The van der Waals surface area contributed by atoms with Gasteiger partial charge in [0.25, 0.3) is 0 Å². The minimum atomic E-state index is 1.29. The van der Waals surface area contributed by atoms with Gasteiger partial charge in [-0.2, -0.15) is 0 Å². The number of rotatable bonds is 4. The molecule has 6 aromatic rings. The second kappa shape index (κ2) is 10.7. The number of hydrogen-bond acceptors (Lipinski definition) is 6. The predicted molar refractivity (Wildman–Crippen MR) is 181 cm³/mol. The third kappa shape index (κ3) is 4.42. The van der Waals surface area contributed by atoms with Crippen LogP contribution >= 0.6 is 69.7 Å². The second-order valence-electron chi connectivity index (χ2n) is 9.29. The Morgan fingerprint density at radius 3 is 1.00 bits per heavy atom. The molecule has 2 aromatic heterocycles. The Morgan fingerprint density at radius 2 is 0.650 bits per heavy atom. The van der Waals surface area contributed by atoms with Gasteiger partial charge in [-0.05, 0) is 22.3 Å². The van der Waals surface area contributed by atoms with E-state index in [1.165, 1.54) is 69.8 Å². The molecule has 0 spiro atoms. The molecule has 0 unspecified atom stereocenters. The van der Waals surface area contributed by atoms with Crippen LogP contribution in [0.25, 0.3) is 43.1 Å². The smallest absolute Gasteiger partial charge is 0.0805 e. The summed E-state index contributed by atoms with van der Waals surface area (Å²) in [5, 5.41) is 0. The van der Waals surface area contributed by atoms with Crippen LogP contribution in [0.5, 0.6) is 0 Å². The summed E-state index contributed by atoms with van der Waals surface area (Å²) in [6.07, 6.45) is 0. The zero-order valence-electron chi connectivity index (χ0n) is 21.0. The quantitative estimate of drug-likeness (QED) is 0.192. The van der Waals surface area contributed by atoms with E-state index in [0.717, 1.165) is 0 Å². The predicted octanol–water partition coefficient (Wildman–Crippen LogP) is 12.7. The Bertz CT molecular complexity index is 1730. The summed E-state index contributed by atoms with van der Waals surface area (Å²) < 4.78 is 5.65. The number of fused-ring (bicyclic) bond motifs is 2. The topological polar surface area (TPSA) is 0 Å². The van der Waals surface area contributed by atoms with Crippen molar-refractivity contribution in [3.63, 3.8) is 0 Å². The Labute approximate surface area is 259 Å². The molecule has 8 rings (SSSR count). The standard InChI is InChI=1S/C34H20S6/c1-5-13-21(14-6-1)25-27(23-17-9-3-10-18-23)35-31-29(25)37-33(39-31)34-38-30-26(22-15-7-2-8-16-22)28(36-32(30)40-34)24-19-11-4-12-20-24/h1-20H/b34-33+. The summed E-state index contributed by atoms with van der Waals surface area (Å²) >= 11 is 11.7. The Balaban J connectivity index is 1.20. The third-order valence-electron chi connectivity index (χ3n) is 6.79. The van der Waals surface area contributed by atoms with Gasteiger partial charge >= 0.3 is 0 Å². The molecular weight excluding hydrogens is 601 g/mol. The fourth-order valence-corrected chi connectivity index (χ4v) is 14.3. The summed E-state index contributed by atoms with van der Waals surface area (Å²) in [5.74, 6) is 0. The van der Waals surface area contributed by atoms with Gasteiger partial charge in [-0.1, -0.05) is 168 Å². The van der Waals surface area contributed by atoms with Crippen LogP contribution in [0.4, 0.5) is 0 Å². The van der Waals surface area contributed by atoms with E-state index >= 15 is 0 Å². The zero-order valence-corrected chi connectivity index (χ0v) is 25.9. The average Bonchev–Trinajstić information content (AvgIpc) is 3.78. The summed E-state index contributed by atoms with van der Waals surface area (Å²) in [5.41, 5.74) is 7.93. The molecule has 40 heavy (non-hydrogen) atoms. The molecule has 0 N–H and O–H groups in total. The molecule has 4 heterocycles. The molecule has 0 radical (unpaired) electrons. The molecule has 4 aromatic carbocycles.